The lowest BCUT2D eigenvalue weighted by atomic mass is 10.1. The summed E-state index contributed by atoms with van der Waals surface area (Å²) < 4.78 is 0. The van der Waals surface area contributed by atoms with Gasteiger partial charge in [0.25, 0.3) is 0 Å². The van der Waals surface area contributed by atoms with Gasteiger partial charge in [0.2, 0.25) is 11.8 Å². The summed E-state index contributed by atoms with van der Waals surface area (Å²) in [5.74, 6) is -1.93. The first-order valence-electron chi connectivity index (χ1n) is 5.39. The summed E-state index contributed by atoms with van der Waals surface area (Å²) in [7, 11) is 0. The van der Waals surface area contributed by atoms with Crippen molar-refractivity contribution in [1.29, 1.82) is 0 Å². The van der Waals surface area contributed by atoms with E-state index in [1.165, 1.54) is 11.0 Å². The van der Waals surface area contributed by atoms with Crippen LogP contribution < -0.4 is 10.2 Å². The SMILES string of the molecule is Cc1ccc(C(=O)O)c(N2CC(=O)NC(=O)C2)c1. The molecule has 2 N–H and O–H groups in total. The maximum Gasteiger partial charge on any atom is 0.337 e. The van der Waals surface area contributed by atoms with E-state index >= 15 is 0 Å². The Kier molecular flexibility index (Phi) is 3.01. The van der Waals surface area contributed by atoms with Gasteiger partial charge in [0.05, 0.1) is 24.3 Å². The molecule has 94 valence electrons. The molecular formula is C12H12N2O4. The summed E-state index contributed by atoms with van der Waals surface area (Å²) in [4.78, 5) is 35.2. The van der Waals surface area contributed by atoms with Crippen LogP contribution in [0.5, 0.6) is 0 Å². The summed E-state index contributed by atoms with van der Waals surface area (Å²) in [5.41, 5.74) is 1.35. The van der Waals surface area contributed by atoms with Crippen molar-refractivity contribution in [3.63, 3.8) is 0 Å². The lowest BCUT2D eigenvalue weighted by molar-refractivity contribution is -0.130. The van der Waals surface area contributed by atoms with Crippen LogP contribution in [0.25, 0.3) is 0 Å². The van der Waals surface area contributed by atoms with Crippen LogP contribution in [0.15, 0.2) is 18.2 Å². The zero-order valence-corrected chi connectivity index (χ0v) is 9.77. The van der Waals surface area contributed by atoms with Gasteiger partial charge in [0.15, 0.2) is 0 Å². The Morgan fingerprint density at radius 3 is 2.44 bits per heavy atom. The minimum absolute atomic E-state index is 0.0184. The van der Waals surface area contributed by atoms with Crippen LogP contribution in [0.3, 0.4) is 0 Å². The number of imide groups is 1. The van der Waals surface area contributed by atoms with Crippen LogP contribution in [0.2, 0.25) is 0 Å². The number of piperazine rings is 1. The van der Waals surface area contributed by atoms with Crippen LogP contribution in [0.4, 0.5) is 5.69 Å². The van der Waals surface area contributed by atoms with Gasteiger partial charge in [-0.1, -0.05) is 6.07 Å². The molecule has 6 heteroatoms. The number of carbonyl (C=O) groups is 3. The zero-order valence-electron chi connectivity index (χ0n) is 9.77. The van der Waals surface area contributed by atoms with Crippen LogP contribution in [-0.2, 0) is 9.59 Å². The summed E-state index contributed by atoms with van der Waals surface area (Å²) >= 11 is 0. The van der Waals surface area contributed by atoms with E-state index in [0.717, 1.165) is 5.56 Å². The summed E-state index contributed by atoms with van der Waals surface area (Å²) in [6, 6.07) is 4.82. The fraction of sp³-hybridized carbons (Fsp3) is 0.250. The number of anilines is 1. The third kappa shape index (κ3) is 2.32. The second-order valence-electron chi connectivity index (χ2n) is 4.15. The van der Waals surface area contributed by atoms with Crippen molar-refractivity contribution in [2.24, 2.45) is 0 Å². The van der Waals surface area contributed by atoms with Crippen molar-refractivity contribution >= 4 is 23.5 Å². The number of nitrogens with one attached hydrogen (secondary N) is 1. The van der Waals surface area contributed by atoms with Crippen LogP contribution in [0.1, 0.15) is 15.9 Å². The Balaban J connectivity index is 2.42. The number of carboxylic acids is 1. The highest BCUT2D eigenvalue weighted by Crippen LogP contribution is 2.23. The second-order valence-corrected chi connectivity index (χ2v) is 4.15. The van der Waals surface area contributed by atoms with Crippen molar-refractivity contribution in [1.82, 2.24) is 5.32 Å². The van der Waals surface area contributed by atoms with Crippen molar-refractivity contribution in [3.8, 4) is 0 Å². The number of hydrogen-bond donors (Lipinski definition) is 2. The summed E-state index contributed by atoms with van der Waals surface area (Å²) in [6.45, 7) is 1.78. The molecular weight excluding hydrogens is 236 g/mol. The molecule has 2 rings (SSSR count). The zero-order chi connectivity index (χ0) is 13.3. The summed E-state index contributed by atoms with van der Waals surface area (Å²) in [5, 5.41) is 11.3. The molecule has 1 aromatic rings. The van der Waals surface area contributed by atoms with E-state index in [1.54, 1.807) is 12.1 Å². The van der Waals surface area contributed by atoms with Crippen molar-refractivity contribution in [3.05, 3.63) is 29.3 Å². The number of aryl methyl sites for hydroxylation is 1. The predicted molar refractivity (Wildman–Crippen MR) is 63.5 cm³/mol. The number of benzene rings is 1. The number of carbonyl (C=O) groups excluding carboxylic acids is 2. The van der Waals surface area contributed by atoms with Crippen molar-refractivity contribution < 1.29 is 19.5 Å². The second kappa shape index (κ2) is 4.48. The molecule has 0 radical (unpaired) electrons. The van der Waals surface area contributed by atoms with E-state index in [-0.39, 0.29) is 18.7 Å². The number of amides is 2. The fourth-order valence-corrected chi connectivity index (χ4v) is 1.89. The maximum absolute atomic E-state index is 11.3. The molecule has 0 spiro atoms. The average molecular weight is 248 g/mol. The molecule has 2 amide bonds. The molecule has 1 aromatic carbocycles. The largest absolute Gasteiger partial charge is 0.478 e. The van der Waals surface area contributed by atoms with Crippen molar-refractivity contribution in [2.75, 3.05) is 18.0 Å². The Morgan fingerprint density at radius 2 is 1.89 bits per heavy atom. The van der Waals surface area contributed by atoms with Gasteiger partial charge in [-0.3, -0.25) is 14.9 Å². The first-order valence-corrected chi connectivity index (χ1v) is 5.39. The maximum atomic E-state index is 11.3. The Labute approximate surface area is 103 Å². The number of carboxylic acid groups (broad SMARTS) is 1. The average Bonchev–Trinajstić information content (AvgIpc) is 2.27. The monoisotopic (exact) mass is 248 g/mol. The molecule has 1 fully saturated rings. The molecule has 1 heterocycles. The first-order chi connectivity index (χ1) is 8.47. The standard InChI is InChI=1S/C12H12N2O4/c1-7-2-3-8(12(17)18)9(4-7)14-5-10(15)13-11(16)6-14/h2-4H,5-6H2,1H3,(H,17,18)(H,13,15,16). The number of aromatic carboxylic acids is 1. The minimum atomic E-state index is -1.08. The van der Waals surface area contributed by atoms with E-state index in [2.05, 4.69) is 5.32 Å². The van der Waals surface area contributed by atoms with Crippen LogP contribution in [-0.4, -0.2) is 36.0 Å². The van der Waals surface area contributed by atoms with Crippen LogP contribution >= 0.6 is 0 Å². The lowest BCUT2D eigenvalue weighted by Gasteiger charge is -2.28. The van der Waals surface area contributed by atoms with Crippen molar-refractivity contribution in [2.45, 2.75) is 6.92 Å². The van der Waals surface area contributed by atoms with Gasteiger partial charge in [0, 0.05) is 0 Å². The molecule has 1 aliphatic rings. The molecule has 18 heavy (non-hydrogen) atoms. The highest BCUT2D eigenvalue weighted by molar-refractivity contribution is 6.04. The molecule has 0 unspecified atom stereocenters. The molecule has 1 saturated heterocycles. The third-order valence-corrected chi connectivity index (χ3v) is 2.67. The quantitative estimate of drug-likeness (QED) is 0.728. The predicted octanol–water partition coefficient (Wildman–Crippen LogP) is 0.156. The number of hydrogen-bond acceptors (Lipinski definition) is 4. The van der Waals surface area contributed by atoms with E-state index in [1.807, 2.05) is 6.92 Å². The highest BCUT2D eigenvalue weighted by Gasteiger charge is 2.25. The molecule has 0 saturated carbocycles. The number of rotatable bonds is 2. The van der Waals surface area contributed by atoms with Gasteiger partial charge >= 0.3 is 5.97 Å². The van der Waals surface area contributed by atoms with E-state index in [9.17, 15) is 14.4 Å². The first kappa shape index (κ1) is 12.1. The Bertz CT molecular complexity index is 523. The molecule has 1 aliphatic heterocycles. The van der Waals surface area contributed by atoms with Gasteiger partial charge in [-0.2, -0.15) is 0 Å². The Morgan fingerprint density at radius 1 is 1.28 bits per heavy atom. The molecule has 0 aliphatic carbocycles. The molecule has 0 atom stereocenters. The fourth-order valence-electron chi connectivity index (χ4n) is 1.89. The minimum Gasteiger partial charge on any atom is -0.478 e. The number of nitrogens with zero attached hydrogens (tertiary/aromatic N) is 1. The van der Waals surface area contributed by atoms with Gasteiger partial charge in [0.1, 0.15) is 0 Å². The lowest BCUT2D eigenvalue weighted by Crippen LogP contribution is -2.51. The van der Waals surface area contributed by atoms with E-state index in [4.69, 9.17) is 5.11 Å². The molecule has 0 bridgehead atoms. The van der Waals surface area contributed by atoms with Gasteiger partial charge < -0.3 is 10.0 Å². The molecule has 0 aromatic heterocycles. The topological polar surface area (TPSA) is 86.7 Å². The van der Waals surface area contributed by atoms with Gasteiger partial charge in [-0.05, 0) is 24.6 Å². The Hall–Kier alpha value is -2.37. The van der Waals surface area contributed by atoms with E-state index in [0.29, 0.717) is 5.69 Å². The normalized spacial score (nSPS) is 15.5. The highest BCUT2D eigenvalue weighted by atomic mass is 16.4. The smallest absolute Gasteiger partial charge is 0.337 e. The van der Waals surface area contributed by atoms with Crippen LogP contribution in [0, 0.1) is 6.92 Å². The van der Waals surface area contributed by atoms with Gasteiger partial charge in [-0.25, -0.2) is 4.79 Å². The third-order valence-electron chi connectivity index (χ3n) is 2.67. The van der Waals surface area contributed by atoms with Gasteiger partial charge in [-0.15, -0.1) is 0 Å². The molecule has 6 nitrogen and oxygen atoms in total. The van der Waals surface area contributed by atoms with E-state index < -0.39 is 17.8 Å². The summed E-state index contributed by atoms with van der Waals surface area (Å²) in [6.07, 6.45) is 0.